The van der Waals surface area contributed by atoms with Crippen molar-refractivity contribution in [1.29, 1.82) is 0 Å². The van der Waals surface area contributed by atoms with Gasteiger partial charge < -0.3 is 10.5 Å². The summed E-state index contributed by atoms with van der Waals surface area (Å²) in [5.41, 5.74) is 6.14. The van der Waals surface area contributed by atoms with E-state index < -0.39 is 10.0 Å². The topological polar surface area (TPSA) is 81.4 Å². The summed E-state index contributed by atoms with van der Waals surface area (Å²) in [6.45, 7) is 1.31. The highest BCUT2D eigenvalue weighted by Gasteiger charge is 2.22. The highest BCUT2D eigenvalue weighted by Crippen LogP contribution is 2.20. The minimum absolute atomic E-state index is 0.171. The van der Waals surface area contributed by atoms with Crippen LogP contribution in [0.25, 0.3) is 0 Å². The Morgan fingerprint density at radius 2 is 2.26 bits per heavy atom. The van der Waals surface area contributed by atoms with Crippen molar-refractivity contribution in [3.05, 3.63) is 28.8 Å². The van der Waals surface area contributed by atoms with Gasteiger partial charge in [0.15, 0.2) is 0 Å². The first-order valence-corrected chi connectivity index (χ1v) is 7.97. The van der Waals surface area contributed by atoms with E-state index in [1.807, 2.05) is 0 Å². The predicted octanol–water partition coefficient (Wildman–Crippen LogP) is 1.26. The van der Waals surface area contributed by atoms with E-state index in [4.69, 9.17) is 22.1 Å². The number of sulfonamides is 1. The van der Waals surface area contributed by atoms with Crippen molar-refractivity contribution in [1.82, 2.24) is 4.72 Å². The van der Waals surface area contributed by atoms with E-state index in [-0.39, 0.29) is 17.5 Å². The smallest absolute Gasteiger partial charge is 0.240 e. The van der Waals surface area contributed by atoms with Crippen LogP contribution in [0.1, 0.15) is 18.4 Å². The summed E-state index contributed by atoms with van der Waals surface area (Å²) in [6.07, 6.45) is 1.65. The standard InChI is InChI=1S/C12H17ClN2O3S/c13-12-4-3-11(6-9(12)7-14)19(16,17)15-10-2-1-5-18-8-10/h3-4,6,10,15H,1-2,5,7-8,14H2. The molecule has 1 aromatic rings. The van der Waals surface area contributed by atoms with Crippen molar-refractivity contribution in [3.63, 3.8) is 0 Å². The van der Waals surface area contributed by atoms with Gasteiger partial charge in [-0.1, -0.05) is 11.6 Å². The summed E-state index contributed by atoms with van der Waals surface area (Å²) < 4.78 is 32.4. The summed E-state index contributed by atoms with van der Waals surface area (Å²) in [5.74, 6) is 0. The highest BCUT2D eigenvalue weighted by atomic mass is 35.5. The van der Waals surface area contributed by atoms with Crippen LogP contribution < -0.4 is 10.5 Å². The van der Waals surface area contributed by atoms with Crippen LogP contribution in [0, 0.1) is 0 Å². The Hall–Kier alpha value is -0.660. The van der Waals surface area contributed by atoms with Crippen LogP contribution in [-0.2, 0) is 21.3 Å². The molecule has 1 aliphatic heterocycles. The van der Waals surface area contributed by atoms with E-state index in [1.165, 1.54) is 12.1 Å². The molecule has 1 unspecified atom stereocenters. The lowest BCUT2D eigenvalue weighted by atomic mass is 10.1. The van der Waals surface area contributed by atoms with Gasteiger partial charge in [0, 0.05) is 24.2 Å². The first-order chi connectivity index (χ1) is 9.03. The van der Waals surface area contributed by atoms with Gasteiger partial charge in [0.05, 0.1) is 11.5 Å². The van der Waals surface area contributed by atoms with Gasteiger partial charge in [0.25, 0.3) is 0 Å². The van der Waals surface area contributed by atoms with Gasteiger partial charge in [-0.05, 0) is 36.6 Å². The van der Waals surface area contributed by atoms with E-state index in [0.29, 0.717) is 23.8 Å². The molecule has 1 aliphatic rings. The van der Waals surface area contributed by atoms with Gasteiger partial charge in [0.2, 0.25) is 10.0 Å². The van der Waals surface area contributed by atoms with Crippen LogP contribution >= 0.6 is 11.6 Å². The monoisotopic (exact) mass is 304 g/mol. The number of hydrogen-bond acceptors (Lipinski definition) is 4. The van der Waals surface area contributed by atoms with Gasteiger partial charge in [-0.3, -0.25) is 0 Å². The highest BCUT2D eigenvalue weighted by molar-refractivity contribution is 7.89. The van der Waals surface area contributed by atoms with Crippen molar-refractivity contribution < 1.29 is 13.2 Å². The Labute approximate surface area is 118 Å². The molecule has 0 aliphatic carbocycles. The largest absolute Gasteiger partial charge is 0.380 e. The van der Waals surface area contributed by atoms with Gasteiger partial charge in [-0.2, -0.15) is 0 Å². The van der Waals surface area contributed by atoms with Crippen molar-refractivity contribution in [2.45, 2.75) is 30.3 Å². The molecule has 3 N–H and O–H groups in total. The molecule has 1 saturated heterocycles. The average molecular weight is 305 g/mol. The van der Waals surface area contributed by atoms with Gasteiger partial charge in [-0.25, -0.2) is 13.1 Å². The summed E-state index contributed by atoms with van der Waals surface area (Å²) in [5, 5.41) is 0.474. The van der Waals surface area contributed by atoms with Crippen molar-refractivity contribution >= 4 is 21.6 Å². The summed E-state index contributed by atoms with van der Waals surface area (Å²) in [4.78, 5) is 0.183. The molecule has 1 heterocycles. The SMILES string of the molecule is NCc1cc(S(=O)(=O)NC2CCCOC2)ccc1Cl. The molecule has 0 saturated carbocycles. The summed E-state index contributed by atoms with van der Waals surface area (Å²) in [7, 11) is -3.55. The number of benzene rings is 1. The summed E-state index contributed by atoms with van der Waals surface area (Å²) >= 11 is 5.92. The maximum Gasteiger partial charge on any atom is 0.240 e. The van der Waals surface area contributed by atoms with Crippen LogP contribution in [0.15, 0.2) is 23.1 Å². The predicted molar refractivity (Wildman–Crippen MR) is 73.5 cm³/mol. The van der Waals surface area contributed by atoms with Gasteiger partial charge in [0.1, 0.15) is 0 Å². The van der Waals surface area contributed by atoms with Crippen molar-refractivity contribution in [2.75, 3.05) is 13.2 Å². The van der Waals surface area contributed by atoms with Crippen LogP contribution in [0.3, 0.4) is 0 Å². The van der Waals surface area contributed by atoms with Gasteiger partial charge in [-0.15, -0.1) is 0 Å². The number of rotatable bonds is 4. The number of hydrogen-bond donors (Lipinski definition) is 2. The molecule has 1 fully saturated rings. The fourth-order valence-corrected chi connectivity index (χ4v) is 3.50. The Kier molecular flexibility index (Phi) is 4.81. The molecule has 2 rings (SSSR count). The quantitative estimate of drug-likeness (QED) is 0.877. The second-order valence-electron chi connectivity index (χ2n) is 4.49. The third kappa shape index (κ3) is 3.67. The normalized spacial score (nSPS) is 20.4. The molecule has 0 radical (unpaired) electrons. The first-order valence-electron chi connectivity index (χ1n) is 6.11. The maximum absolute atomic E-state index is 12.2. The lowest BCUT2D eigenvalue weighted by Crippen LogP contribution is -2.40. The zero-order valence-electron chi connectivity index (χ0n) is 10.4. The molecular weight excluding hydrogens is 288 g/mol. The minimum atomic E-state index is -3.55. The molecule has 1 atom stereocenters. The molecular formula is C12H17ClN2O3S. The minimum Gasteiger partial charge on any atom is -0.380 e. The van der Waals surface area contributed by atoms with Crippen molar-refractivity contribution in [3.8, 4) is 0 Å². The van der Waals surface area contributed by atoms with E-state index in [2.05, 4.69) is 4.72 Å². The molecule has 106 valence electrons. The van der Waals surface area contributed by atoms with Gasteiger partial charge >= 0.3 is 0 Å². The Bertz CT molecular complexity index is 542. The zero-order chi connectivity index (χ0) is 13.9. The first kappa shape index (κ1) is 14.7. The van der Waals surface area contributed by atoms with E-state index in [1.54, 1.807) is 6.07 Å². The molecule has 0 spiro atoms. The van der Waals surface area contributed by atoms with Crippen LogP contribution in [-0.4, -0.2) is 27.7 Å². The van der Waals surface area contributed by atoms with Crippen LogP contribution in [0.5, 0.6) is 0 Å². The maximum atomic E-state index is 12.2. The Morgan fingerprint density at radius 1 is 1.47 bits per heavy atom. The lowest BCUT2D eigenvalue weighted by Gasteiger charge is -2.23. The number of nitrogens with one attached hydrogen (secondary N) is 1. The fourth-order valence-electron chi connectivity index (χ4n) is 2.00. The van der Waals surface area contributed by atoms with Crippen LogP contribution in [0.2, 0.25) is 5.02 Å². The average Bonchev–Trinajstić information content (AvgIpc) is 2.39. The zero-order valence-corrected chi connectivity index (χ0v) is 12.0. The molecule has 7 heteroatoms. The Morgan fingerprint density at radius 3 is 2.89 bits per heavy atom. The molecule has 1 aromatic carbocycles. The molecule has 0 amide bonds. The fraction of sp³-hybridized carbons (Fsp3) is 0.500. The third-order valence-electron chi connectivity index (χ3n) is 3.03. The molecule has 0 aromatic heterocycles. The van der Waals surface area contributed by atoms with E-state index in [0.717, 1.165) is 12.8 Å². The number of nitrogens with two attached hydrogens (primary N) is 1. The second-order valence-corrected chi connectivity index (χ2v) is 6.61. The second kappa shape index (κ2) is 6.19. The van der Waals surface area contributed by atoms with E-state index >= 15 is 0 Å². The summed E-state index contributed by atoms with van der Waals surface area (Å²) in [6, 6.07) is 4.37. The molecule has 19 heavy (non-hydrogen) atoms. The van der Waals surface area contributed by atoms with Crippen LogP contribution in [0.4, 0.5) is 0 Å². The molecule has 5 nitrogen and oxygen atoms in total. The third-order valence-corrected chi connectivity index (χ3v) is 4.92. The number of ether oxygens (including phenoxy) is 1. The Balaban J connectivity index is 2.18. The molecule has 0 bridgehead atoms. The number of halogens is 1. The van der Waals surface area contributed by atoms with Crippen molar-refractivity contribution in [2.24, 2.45) is 5.73 Å². The lowest BCUT2D eigenvalue weighted by molar-refractivity contribution is 0.0774. The van der Waals surface area contributed by atoms with E-state index in [9.17, 15) is 8.42 Å².